The van der Waals surface area contributed by atoms with E-state index in [4.69, 9.17) is 0 Å². The van der Waals surface area contributed by atoms with Gasteiger partial charge in [0.25, 0.3) is 0 Å². The maximum absolute atomic E-state index is 12.6. The Morgan fingerprint density at radius 1 is 0.952 bits per heavy atom. The summed E-state index contributed by atoms with van der Waals surface area (Å²) in [6.45, 7) is 0.609. The highest BCUT2D eigenvalue weighted by Crippen LogP contribution is 2.34. The van der Waals surface area contributed by atoms with Crippen molar-refractivity contribution in [3.63, 3.8) is 0 Å². The molecule has 1 saturated carbocycles. The molecule has 21 heavy (non-hydrogen) atoms. The molecule has 7 heteroatoms. The lowest BCUT2D eigenvalue weighted by molar-refractivity contribution is -0.152. The van der Waals surface area contributed by atoms with E-state index in [1.807, 2.05) is 0 Å². The first-order valence-electron chi connectivity index (χ1n) is 7.51. The summed E-state index contributed by atoms with van der Waals surface area (Å²) in [6.07, 6.45) is 2.38. The Morgan fingerprint density at radius 3 is 2.29 bits per heavy atom. The number of rotatable bonds is 3. The van der Waals surface area contributed by atoms with E-state index in [1.165, 1.54) is 4.90 Å². The summed E-state index contributed by atoms with van der Waals surface area (Å²) >= 11 is 0. The topological polar surface area (TPSA) is 98.2 Å². The maximum atomic E-state index is 12.6. The number of carbonyl (C=O) groups is 3. The predicted octanol–water partition coefficient (Wildman–Crippen LogP) is -0.566. The van der Waals surface area contributed by atoms with E-state index < -0.39 is 24.2 Å². The highest BCUT2D eigenvalue weighted by Gasteiger charge is 2.46. The van der Waals surface area contributed by atoms with Crippen LogP contribution in [0, 0.1) is 5.92 Å². The fourth-order valence-electron chi connectivity index (χ4n) is 3.33. The molecule has 0 spiro atoms. The van der Waals surface area contributed by atoms with Gasteiger partial charge in [0, 0.05) is 25.4 Å². The van der Waals surface area contributed by atoms with Crippen LogP contribution in [0.3, 0.4) is 0 Å². The van der Waals surface area contributed by atoms with Gasteiger partial charge in [0.1, 0.15) is 12.1 Å². The van der Waals surface area contributed by atoms with Crippen LogP contribution in [-0.4, -0.2) is 69.1 Å². The second-order valence-corrected chi connectivity index (χ2v) is 6.20. The lowest BCUT2D eigenvalue weighted by Crippen LogP contribution is -2.51. The summed E-state index contributed by atoms with van der Waals surface area (Å²) in [5.74, 6) is -1.35. The van der Waals surface area contributed by atoms with Crippen molar-refractivity contribution in [1.29, 1.82) is 0 Å². The number of hydrogen-bond acceptors (Lipinski definition) is 4. The van der Waals surface area contributed by atoms with E-state index >= 15 is 0 Å². The van der Waals surface area contributed by atoms with Crippen molar-refractivity contribution in [2.45, 2.75) is 50.3 Å². The quantitative estimate of drug-likeness (QED) is 0.727. The van der Waals surface area contributed by atoms with E-state index in [1.54, 1.807) is 4.90 Å². The number of carboxylic acids is 1. The summed E-state index contributed by atoms with van der Waals surface area (Å²) in [4.78, 5) is 38.9. The first-order valence-corrected chi connectivity index (χ1v) is 7.51. The van der Waals surface area contributed by atoms with Crippen molar-refractivity contribution in [2.24, 2.45) is 5.92 Å². The number of nitrogens with zero attached hydrogens (tertiary/aromatic N) is 2. The Labute approximate surface area is 122 Å². The second-order valence-electron chi connectivity index (χ2n) is 6.20. The standard InChI is InChI=1S/C14H20N2O5/c17-9-6-11(14(20)21)16(7-9)13(19)10-2-1-5-15(10)12(18)8-3-4-8/h8-11,17H,1-7H2,(H,20,21)/t9-,10?,11+/m1/s1. The van der Waals surface area contributed by atoms with Crippen molar-refractivity contribution >= 4 is 17.8 Å². The summed E-state index contributed by atoms with van der Waals surface area (Å²) < 4.78 is 0. The number of aliphatic hydroxyl groups excluding tert-OH is 1. The molecule has 1 aliphatic carbocycles. The van der Waals surface area contributed by atoms with E-state index in [2.05, 4.69) is 0 Å². The first kappa shape index (κ1) is 14.3. The molecule has 2 N–H and O–H groups in total. The molecule has 7 nitrogen and oxygen atoms in total. The third-order valence-corrected chi connectivity index (χ3v) is 4.59. The molecule has 2 aliphatic heterocycles. The number of carbonyl (C=O) groups excluding carboxylic acids is 2. The Morgan fingerprint density at radius 2 is 1.67 bits per heavy atom. The minimum atomic E-state index is -1.10. The third kappa shape index (κ3) is 2.62. The molecule has 3 aliphatic rings. The van der Waals surface area contributed by atoms with Crippen LogP contribution in [-0.2, 0) is 14.4 Å². The molecule has 2 saturated heterocycles. The molecule has 0 radical (unpaired) electrons. The van der Waals surface area contributed by atoms with Crippen LogP contribution in [0.5, 0.6) is 0 Å². The highest BCUT2D eigenvalue weighted by molar-refractivity contribution is 5.92. The zero-order valence-electron chi connectivity index (χ0n) is 11.8. The zero-order valence-corrected chi connectivity index (χ0v) is 11.8. The normalized spacial score (nSPS) is 32.5. The van der Waals surface area contributed by atoms with Gasteiger partial charge in [-0.15, -0.1) is 0 Å². The molecule has 1 unspecified atom stereocenters. The third-order valence-electron chi connectivity index (χ3n) is 4.59. The fourth-order valence-corrected chi connectivity index (χ4v) is 3.33. The van der Waals surface area contributed by atoms with Crippen LogP contribution >= 0.6 is 0 Å². The van der Waals surface area contributed by atoms with Crippen molar-refractivity contribution in [2.75, 3.05) is 13.1 Å². The molecule has 3 rings (SSSR count). The largest absolute Gasteiger partial charge is 0.480 e. The lowest BCUT2D eigenvalue weighted by atomic mass is 10.1. The summed E-state index contributed by atoms with van der Waals surface area (Å²) in [5, 5.41) is 18.8. The van der Waals surface area contributed by atoms with Gasteiger partial charge < -0.3 is 20.0 Å². The Balaban J connectivity index is 1.74. The van der Waals surface area contributed by atoms with Crippen LogP contribution in [0.25, 0.3) is 0 Å². The van der Waals surface area contributed by atoms with Gasteiger partial charge in [-0.05, 0) is 25.7 Å². The first-order chi connectivity index (χ1) is 9.99. The van der Waals surface area contributed by atoms with Gasteiger partial charge in [0.15, 0.2) is 0 Å². The molecular weight excluding hydrogens is 276 g/mol. The Bertz CT molecular complexity index is 476. The van der Waals surface area contributed by atoms with Crippen molar-refractivity contribution < 1.29 is 24.6 Å². The molecule has 3 fully saturated rings. The highest BCUT2D eigenvalue weighted by atomic mass is 16.4. The van der Waals surface area contributed by atoms with Crippen LogP contribution in [0.1, 0.15) is 32.1 Å². The molecule has 0 aromatic rings. The van der Waals surface area contributed by atoms with Crippen molar-refractivity contribution in [1.82, 2.24) is 9.80 Å². The molecular formula is C14H20N2O5. The van der Waals surface area contributed by atoms with Gasteiger partial charge in [-0.2, -0.15) is 0 Å². The second kappa shape index (κ2) is 5.29. The summed E-state index contributed by atoms with van der Waals surface area (Å²) in [6, 6.07) is -1.53. The van der Waals surface area contributed by atoms with Crippen molar-refractivity contribution in [3.8, 4) is 0 Å². The number of hydrogen-bond donors (Lipinski definition) is 2. The van der Waals surface area contributed by atoms with Gasteiger partial charge in [0.05, 0.1) is 6.10 Å². The van der Waals surface area contributed by atoms with E-state index in [0.717, 1.165) is 19.3 Å². The van der Waals surface area contributed by atoms with Crippen LogP contribution < -0.4 is 0 Å². The minimum absolute atomic E-state index is 0.0254. The van der Waals surface area contributed by atoms with E-state index in [9.17, 15) is 24.6 Å². The molecule has 0 aromatic heterocycles. The molecule has 2 heterocycles. The Kier molecular flexibility index (Phi) is 3.61. The smallest absolute Gasteiger partial charge is 0.326 e. The van der Waals surface area contributed by atoms with Crippen LogP contribution in [0.2, 0.25) is 0 Å². The number of carboxylic acid groups (broad SMARTS) is 1. The van der Waals surface area contributed by atoms with E-state index in [0.29, 0.717) is 13.0 Å². The van der Waals surface area contributed by atoms with Gasteiger partial charge in [-0.25, -0.2) is 4.79 Å². The van der Waals surface area contributed by atoms with Gasteiger partial charge in [-0.1, -0.05) is 0 Å². The van der Waals surface area contributed by atoms with Gasteiger partial charge in [0.2, 0.25) is 11.8 Å². The zero-order chi connectivity index (χ0) is 15.1. The summed E-state index contributed by atoms with van der Waals surface area (Å²) in [7, 11) is 0. The van der Waals surface area contributed by atoms with Crippen LogP contribution in [0.15, 0.2) is 0 Å². The molecule has 2 amide bonds. The molecule has 0 aromatic carbocycles. The number of amides is 2. The monoisotopic (exact) mass is 296 g/mol. The number of likely N-dealkylation sites (tertiary alicyclic amines) is 2. The average Bonchev–Trinajstić information content (AvgIpc) is 3.04. The Hall–Kier alpha value is -1.63. The molecule has 3 atom stereocenters. The minimum Gasteiger partial charge on any atom is -0.480 e. The lowest BCUT2D eigenvalue weighted by Gasteiger charge is -2.30. The maximum Gasteiger partial charge on any atom is 0.326 e. The van der Waals surface area contributed by atoms with Crippen molar-refractivity contribution in [3.05, 3.63) is 0 Å². The average molecular weight is 296 g/mol. The van der Waals surface area contributed by atoms with E-state index in [-0.39, 0.29) is 30.7 Å². The van der Waals surface area contributed by atoms with Gasteiger partial charge in [-0.3, -0.25) is 9.59 Å². The molecule has 116 valence electrons. The van der Waals surface area contributed by atoms with Gasteiger partial charge >= 0.3 is 5.97 Å². The number of aliphatic carboxylic acids is 1. The SMILES string of the molecule is O=C(O)[C@@H]1C[C@@H](O)CN1C(=O)C1CCCN1C(=O)C1CC1. The molecule has 0 bridgehead atoms. The van der Waals surface area contributed by atoms with Crippen LogP contribution in [0.4, 0.5) is 0 Å². The predicted molar refractivity (Wildman–Crippen MR) is 71.2 cm³/mol. The number of aliphatic hydroxyl groups is 1. The number of β-amino-alcohol motifs (C(OH)–C–C–N with tert-alkyl or cyclic N) is 1. The fraction of sp³-hybridized carbons (Fsp3) is 0.786. The summed E-state index contributed by atoms with van der Waals surface area (Å²) in [5.41, 5.74) is 0.